The zero-order valence-electron chi connectivity index (χ0n) is 9.55. The minimum atomic E-state index is 0.108. The first kappa shape index (κ1) is 12.0. The SMILES string of the molecule is Cc1cccc(NC(CNF)C(C)C)c1. The van der Waals surface area contributed by atoms with Gasteiger partial charge in [0, 0.05) is 18.3 Å². The summed E-state index contributed by atoms with van der Waals surface area (Å²) < 4.78 is 12.1. The van der Waals surface area contributed by atoms with E-state index >= 15 is 0 Å². The third kappa shape index (κ3) is 3.88. The first-order valence-electron chi connectivity index (χ1n) is 5.30. The van der Waals surface area contributed by atoms with Gasteiger partial charge in [0.25, 0.3) is 0 Å². The van der Waals surface area contributed by atoms with Gasteiger partial charge in [-0.15, -0.1) is 4.48 Å². The van der Waals surface area contributed by atoms with E-state index in [4.69, 9.17) is 0 Å². The lowest BCUT2D eigenvalue weighted by atomic mass is 10.0. The molecule has 1 aromatic carbocycles. The number of halogens is 1. The fraction of sp³-hybridized carbons (Fsp3) is 0.500. The molecule has 3 heteroatoms. The van der Waals surface area contributed by atoms with Gasteiger partial charge in [0.2, 0.25) is 0 Å². The van der Waals surface area contributed by atoms with Crippen LogP contribution in [0, 0.1) is 12.8 Å². The minimum Gasteiger partial charge on any atom is -0.381 e. The van der Waals surface area contributed by atoms with E-state index in [1.54, 1.807) is 5.54 Å². The van der Waals surface area contributed by atoms with E-state index in [-0.39, 0.29) is 6.04 Å². The number of hydrogen-bond acceptors (Lipinski definition) is 2. The third-order valence-corrected chi connectivity index (χ3v) is 2.47. The van der Waals surface area contributed by atoms with Crippen LogP contribution in [0.1, 0.15) is 19.4 Å². The number of rotatable bonds is 5. The quantitative estimate of drug-likeness (QED) is 0.730. The molecule has 1 aromatic rings. The van der Waals surface area contributed by atoms with Gasteiger partial charge in [-0.25, -0.2) is 0 Å². The van der Waals surface area contributed by atoms with E-state index in [2.05, 4.69) is 25.2 Å². The van der Waals surface area contributed by atoms with Crippen LogP contribution >= 0.6 is 0 Å². The molecule has 0 fully saturated rings. The van der Waals surface area contributed by atoms with Crippen LogP contribution in [0.15, 0.2) is 24.3 Å². The van der Waals surface area contributed by atoms with Crippen molar-refractivity contribution in [2.45, 2.75) is 26.8 Å². The zero-order valence-corrected chi connectivity index (χ0v) is 9.55. The summed E-state index contributed by atoms with van der Waals surface area (Å²) in [6.45, 7) is 6.52. The largest absolute Gasteiger partial charge is 0.381 e. The second kappa shape index (κ2) is 5.71. The number of benzene rings is 1. The monoisotopic (exact) mass is 210 g/mol. The van der Waals surface area contributed by atoms with Gasteiger partial charge < -0.3 is 5.32 Å². The maximum atomic E-state index is 12.1. The fourth-order valence-electron chi connectivity index (χ4n) is 1.49. The molecule has 2 nitrogen and oxygen atoms in total. The summed E-state index contributed by atoms with van der Waals surface area (Å²) in [5.74, 6) is 0.383. The van der Waals surface area contributed by atoms with E-state index in [1.165, 1.54) is 5.56 Å². The second-order valence-corrected chi connectivity index (χ2v) is 4.20. The Balaban J connectivity index is 2.65. The molecule has 1 unspecified atom stereocenters. The Morgan fingerprint density at radius 3 is 2.60 bits per heavy atom. The molecule has 0 bridgehead atoms. The van der Waals surface area contributed by atoms with Gasteiger partial charge in [0.05, 0.1) is 0 Å². The Labute approximate surface area is 90.8 Å². The van der Waals surface area contributed by atoms with Crippen molar-refractivity contribution in [3.05, 3.63) is 29.8 Å². The fourth-order valence-corrected chi connectivity index (χ4v) is 1.49. The molecule has 0 aliphatic carbocycles. The Morgan fingerprint density at radius 1 is 1.33 bits per heavy atom. The predicted molar refractivity (Wildman–Crippen MR) is 62.5 cm³/mol. The molecule has 84 valence electrons. The number of aryl methyl sites for hydroxylation is 1. The Hall–Kier alpha value is -1.09. The smallest absolute Gasteiger partial charge is 0.0464 e. The number of nitrogens with one attached hydrogen (secondary N) is 2. The molecule has 0 amide bonds. The third-order valence-electron chi connectivity index (χ3n) is 2.47. The summed E-state index contributed by atoms with van der Waals surface area (Å²) in [6, 6.07) is 8.21. The number of hydrogen-bond donors (Lipinski definition) is 2. The molecule has 0 saturated heterocycles. The number of anilines is 1. The molecule has 0 aliphatic heterocycles. The lowest BCUT2D eigenvalue weighted by Gasteiger charge is -2.22. The van der Waals surface area contributed by atoms with E-state index in [0.717, 1.165) is 5.69 Å². The molecule has 2 N–H and O–H groups in total. The van der Waals surface area contributed by atoms with Gasteiger partial charge in [0.1, 0.15) is 0 Å². The van der Waals surface area contributed by atoms with Gasteiger partial charge >= 0.3 is 0 Å². The van der Waals surface area contributed by atoms with Crippen LogP contribution in [0.4, 0.5) is 10.2 Å². The first-order valence-corrected chi connectivity index (χ1v) is 5.30. The highest BCUT2D eigenvalue weighted by molar-refractivity contribution is 5.46. The average molecular weight is 210 g/mol. The summed E-state index contributed by atoms with van der Waals surface area (Å²) in [5, 5.41) is 3.32. The van der Waals surface area contributed by atoms with Crippen LogP contribution in [-0.4, -0.2) is 12.6 Å². The molecular formula is C12H19FN2. The molecule has 0 heterocycles. The molecule has 0 radical (unpaired) electrons. The highest BCUT2D eigenvalue weighted by Crippen LogP contribution is 2.14. The van der Waals surface area contributed by atoms with Crippen molar-refractivity contribution < 1.29 is 4.48 Å². The Kier molecular flexibility index (Phi) is 4.56. The summed E-state index contributed by atoms with van der Waals surface area (Å²) in [4.78, 5) is 0. The van der Waals surface area contributed by atoms with E-state index in [1.807, 2.05) is 25.1 Å². The Bertz CT molecular complexity index is 299. The molecule has 1 atom stereocenters. The summed E-state index contributed by atoms with van der Waals surface area (Å²) >= 11 is 0. The highest BCUT2D eigenvalue weighted by atomic mass is 19.2. The summed E-state index contributed by atoms with van der Waals surface area (Å²) in [7, 11) is 0. The second-order valence-electron chi connectivity index (χ2n) is 4.20. The molecule has 1 rings (SSSR count). The van der Waals surface area contributed by atoms with Crippen LogP contribution < -0.4 is 10.9 Å². The lowest BCUT2D eigenvalue weighted by Crippen LogP contribution is -2.34. The first-order chi connectivity index (χ1) is 7.13. The van der Waals surface area contributed by atoms with Crippen molar-refractivity contribution in [1.82, 2.24) is 5.54 Å². The van der Waals surface area contributed by atoms with Crippen LogP contribution in [0.5, 0.6) is 0 Å². The van der Waals surface area contributed by atoms with Gasteiger partial charge in [-0.05, 0) is 30.5 Å². The van der Waals surface area contributed by atoms with Crippen LogP contribution in [0.2, 0.25) is 0 Å². The molecule has 0 spiro atoms. The standard InChI is InChI=1S/C12H19FN2/c1-9(2)12(8-14-13)15-11-6-4-5-10(3)7-11/h4-7,9,12,14-15H,8H2,1-3H3. The Morgan fingerprint density at radius 2 is 2.07 bits per heavy atom. The van der Waals surface area contributed by atoms with Crippen LogP contribution in [0.25, 0.3) is 0 Å². The van der Waals surface area contributed by atoms with Gasteiger partial charge in [0.15, 0.2) is 0 Å². The van der Waals surface area contributed by atoms with Crippen LogP contribution in [-0.2, 0) is 0 Å². The topological polar surface area (TPSA) is 24.1 Å². The van der Waals surface area contributed by atoms with Crippen molar-refractivity contribution in [3.63, 3.8) is 0 Å². The molecule has 0 saturated carbocycles. The van der Waals surface area contributed by atoms with Crippen molar-refractivity contribution in [1.29, 1.82) is 0 Å². The maximum Gasteiger partial charge on any atom is 0.0464 e. The maximum absolute atomic E-state index is 12.1. The summed E-state index contributed by atoms with van der Waals surface area (Å²) in [5.41, 5.74) is 3.97. The lowest BCUT2D eigenvalue weighted by molar-refractivity contribution is 0.306. The minimum absolute atomic E-state index is 0.108. The molecule has 0 aliphatic rings. The van der Waals surface area contributed by atoms with Crippen molar-refractivity contribution in [2.75, 3.05) is 11.9 Å². The van der Waals surface area contributed by atoms with Gasteiger partial charge in [-0.1, -0.05) is 26.0 Å². The molecule has 0 aromatic heterocycles. The average Bonchev–Trinajstić information content (AvgIpc) is 2.17. The zero-order chi connectivity index (χ0) is 11.3. The molecule has 15 heavy (non-hydrogen) atoms. The highest BCUT2D eigenvalue weighted by Gasteiger charge is 2.12. The van der Waals surface area contributed by atoms with Crippen molar-refractivity contribution >= 4 is 5.69 Å². The normalized spacial score (nSPS) is 12.9. The van der Waals surface area contributed by atoms with E-state index in [0.29, 0.717) is 12.5 Å². The predicted octanol–water partition coefficient (Wildman–Crippen LogP) is 2.91. The van der Waals surface area contributed by atoms with E-state index in [9.17, 15) is 4.48 Å². The van der Waals surface area contributed by atoms with Gasteiger partial charge in [-0.2, -0.15) is 5.54 Å². The van der Waals surface area contributed by atoms with Gasteiger partial charge in [-0.3, -0.25) is 0 Å². The molecular weight excluding hydrogens is 191 g/mol. The van der Waals surface area contributed by atoms with Crippen molar-refractivity contribution in [2.24, 2.45) is 5.92 Å². The van der Waals surface area contributed by atoms with E-state index < -0.39 is 0 Å². The summed E-state index contributed by atoms with van der Waals surface area (Å²) in [6.07, 6.45) is 0. The van der Waals surface area contributed by atoms with Crippen molar-refractivity contribution in [3.8, 4) is 0 Å². The van der Waals surface area contributed by atoms with Crippen LogP contribution in [0.3, 0.4) is 0 Å².